The van der Waals surface area contributed by atoms with E-state index >= 15 is 0 Å². The van der Waals surface area contributed by atoms with Crippen LogP contribution in [-0.4, -0.2) is 0 Å². The number of aryl methyl sites for hydroxylation is 1. The number of ether oxygens (including phenoxy) is 1. The van der Waals surface area contributed by atoms with Crippen LogP contribution in [0.5, 0.6) is 5.75 Å². The van der Waals surface area contributed by atoms with E-state index in [0.29, 0.717) is 12.2 Å². The monoisotopic (exact) mass is 280 g/mol. The molecule has 0 saturated heterocycles. The standard InChI is InChI=1S/C17H16N2O2/c1-12-6-5-9-17(13(12)2)21-11-14-7-3-4-8-15(14)16(10-18)19-20/h3-9,16H,11H2,1-2H3. The highest BCUT2D eigenvalue weighted by atomic mass is 16.5. The van der Waals surface area contributed by atoms with Crippen molar-refractivity contribution in [2.75, 3.05) is 0 Å². The second-order valence-electron chi connectivity index (χ2n) is 4.82. The maximum atomic E-state index is 10.7. The normalized spacial score (nSPS) is 11.5. The van der Waals surface area contributed by atoms with Crippen LogP contribution in [0.25, 0.3) is 0 Å². The number of nitrogens with zero attached hydrogens (tertiary/aromatic N) is 2. The maximum absolute atomic E-state index is 10.7. The molecule has 0 aliphatic rings. The van der Waals surface area contributed by atoms with Crippen LogP contribution in [-0.2, 0) is 6.61 Å². The summed E-state index contributed by atoms with van der Waals surface area (Å²) in [5.74, 6) is 0.803. The first-order chi connectivity index (χ1) is 10.2. The van der Waals surface area contributed by atoms with Gasteiger partial charge in [0.2, 0.25) is 6.04 Å². The Balaban J connectivity index is 2.23. The van der Waals surface area contributed by atoms with Gasteiger partial charge in [-0.05, 0) is 41.8 Å². The van der Waals surface area contributed by atoms with E-state index in [1.807, 2.05) is 50.2 Å². The molecule has 2 rings (SSSR count). The van der Waals surface area contributed by atoms with Gasteiger partial charge in [0.15, 0.2) is 0 Å². The third-order valence-electron chi connectivity index (χ3n) is 3.52. The number of benzene rings is 2. The molecule has 0 aliphatic heterocycles. The van der Waals surface area contributed by atoms with E-state index < -0.39 is 6.04 Å². The topological polar surface area (TPSA) is 62.4 Å². The first kappa shape index (κ1) is 14.7. The minimum atomic E-state index is -0.997. The van der Waals surface area contributed by atoms with Crippen LogP contribution >= 0.6 is 0 Å². The van der Waals surface area contributed by atoms with Crippen molar-refractivity contribution in [3.05, 3.63) is 69.6 Å². The molecule has 0 radical (unpaired) electrons. The molecule has 4 nitrogen and oxygen atoms in total. The maximum Gasteiger partial charge on any atom is 0.203 e. The summed E-state index contributed by atoms with van der Waals surface area (Å²) < 4.78 is 5.83. The summed E-state index contributed by atoms with van der Waals surface area (Å²) in [6.07, 6.45) is 0. The lowest BCUT2D eigenvalue weighted by Gasteiger charge is -2.13. The van der Waals surface area contributed by atoms with Gasteiger partial charge in [-0.3, -0.25) is 0 Å². The third-order valence-corrected chi connectivity index (χ3v) is 3.52. The molecular weight excluding hydrogens is 264 g/mol. The van der Waals surface area contributed by atoms with Crippen LogP contribution in [0, 0.1) is 30.1 Å². The molecule has 106 valence electrons. The summed E-state index contributed by atoms with van der Waals surface area (Å²) in [6, 6.07) is 14.0. The van der Waals surface area contributed by atoms with Crippen LogP contribution < -0.4 is 4.74 Å². The average Bonchev–Trinajstić information content (AvgIpc) is 2.51. The van der Waals surface area contributed by atoms with Crippen molar-refractivity contribution in [2.24, 2.45) is 5.18 Å². The summed E-state index contributed by atoms with van der Waals surface area (Å²) >= 11 is 0. The summed E-state index contributed by atoms with van der Waals surface area (Å²) in [4.78, 5) is 10.7. The SMILES string of the molecule is Cc1cccc(OCc2ccccc2C(C#N)N=O)c1C. The Kier molecular flexibility index (Phi) is 4.68. The van der Waals surface area contributed by atoms with Crippen molar-refractivity contribution in [3.8, 4) is 11.8 Å². The van der Waals surface area contributed by atoms with Crippen molar-refractivity contribution < 1.29 is 4.74 Å². The Morgan fingerprint density at radius 2 is 1.95 bits per heavy atom. The molecule has 0 bridgehead atoms. The largest absolute Gasteiger partial charge is 0.489 e. The molecule has 0 saturated carbocycles. The second kappa shape index (κ2) is 6.67. The minimum absolute atomic E-state index is 0.300. The van der Waals surface area contributed by atoms with Crippen LogP contribution in [0.3, 0.4) is 0 Å². The average molecular weight is 280 g/mol. The van der Waals surface area contributed by atoms with Gasteiger partial charge in [0.05, 0.1) is 6.07 Å². The van der Waals surface area contributed by atoms with E-state index in [9.17, 15) is 4.91 Å². The van der Waals surface area contributed by atoms with Crippen LogP contribution in [0.15, 0.2) is 47.6 Å². The van der Waals surface area contributed by atoms with E-state index in [0.717, 1.165) is 22.4 Å². The molecule has 1 unspecified atom stereocenters. The fourth-order valence-corrected chi connectivity index (χ4v) is 2.12. The van der Waals surface area contributed by atoms with Gasteiger partial charge in [-0.1, -0.05) is 36.4 Å². The molecule has 21 heavy (non-hydrogen) atoms. The zero-order valence-corrected chi connectivity index (χ0v) is 12.0. The number of hydrogen-bond acceptors (Lipinski definition) is 4. The minimum Gasteiger partial charge on any atom is -0.489 e. The van der Waals surface area contributed by atoms with Gasteiger partial charge in [0, 0.05) is 5.56 Å². The van der Waals surface area contributed by atoms with Crippen molar-refractivity contribution >= 4 is 0 Å². The molecular formula is C17H16N2O2. The van der Waals surface area contributed by atoms with Gasteiger partial charge >= 0.3 is 0 Å². The van der Waals surface area contributed by atoms with Gasteiger partial charge in [0.25, 0.3) is 0 Å². The Labute approximate surface area is 124 Å². The first-order valence-electron chi connectivity index (χ1n) is 6.66. The molecule has 0 aliphatic carbocycles. The highest BCUT2D eigenvalue weighted by Gasteiger charge is 2.15. The van der Waals surface area contributed by atoms with Gasteiger partial charge in [-0.25, -0.2) is 0 Å². The molecule has 2 aromatic rings. The van der Waals surface area contributed by atoms with Crippen LogP contribution in [0.1, 0.15) is 28.3 Å². The van der Waals surface area contributed by atoms with E-state index in [1.54, 1.807) is 12.1 Å². The summed E-state index contributed by atoms with van der Waals surface area (Å²) in [5.41, 5.74) is 3.63. The second-order valence-corrected chi connectivity index (χ2v) is 4.82. The predicted octanol–water partition coefficient (Wildman–Crippen LogP) is 4.21. The number of nitriles is 1. The highest BCUT2D eigenvalue weighted by Crippen LogP contribution is 2.25. The Bertz CT molecular complexity index is 689. The number of hydrogen-bond donors (Lipinski definition) is 0. The van der Waals surface area contributed by atoms with E-state index in [2.05, 4.69) is 5.18 Å². The van der Waals surface area contributed by atoms with Crippen LogP contribution in [0.2, 0.25) is 0 Å². The van der Waals surface area contributed by atoms with Crippen molar-refractivity contribution in [1.82, 2.24) is 0 Å². The lowest BCUT2D eigenvalue weighted by atomic mass is 10.0. The third kappa shape index (κ3) is 3.26. The molecule has 0 spiro atoms. The van der Waals surface area contributed by atoms with Crippen LogP contribution in [0.4, 0.5) is 0 Å². The number of rotatable bonds is 5. The quantitative estimate of drug-likeness (QED) is 0.770. The Morgan fingerprint density at radius 3 is 2.67 bits per heavy atom. The fraction of sp³-hybridized carbons (Fsp3) is 0.235. The fourth-order valence-electron chi connectivity index (χ4n) is 2.12. The van der Waals surface area contributed by atoms with Gasteiger partial charge in [-0.15, -0.1) is 4.91 Å². The van der Waals surface area contributed by atoms with Gasteiger partial charge < -0.3 is 4.74 Å². The van der Waals surface area contributed by atoms with Crippen molar-refractivity contribution in [1.29, 1.82) is 5.26 Å². The molecule has 1 atom stereocenters. The smallest absolute Gasteiger partial charge is 0.203 e. The first-order valence-corrected chi connectivity index (χ1v) is 6.66. The van der Waals surface area contributed by atoms with E-state index in [-0.39, 0.29) is 0 Å². The van der Waals surface area contributed by atoms with Crippen molar-refractivity contribution in [3.63, 3.8) is 0 Å². The lowest BCUT2D eigenvalue weighted by Crippen LogP contribution is -2.03. The van der Waals surface area contributed by atoms with Gasteiger partial charge in [-0.2, -0.15) is 5.26 Å². The summed E-state index contributed by atoms with van der Waals surface area (Å²) in [6.45, 7) is 4.33. The zero-order chi connectivity index (χ0) is 15.2. The molecule has 0 N–H and O–H groups in total. The highest BCUT2D eigenvalue weighted by molar-refractivity contribution is 5.39. The van der Waals surface area contributed by atoms with Crippen molar-refractivity contribution in [2.45, 2.75) is 26.5 Å². The Hall–Kier alpha value is -2.67. The molecule has 0 heterocycles. The number of nitroso groups, excluding NO2 is 1. The zero-order valence-electron chi connectivity index (χ0n) is 12.0. The molecule has 0 aromatic heterocycles. The van der Waals surface area contributed by atoms with Gasteiger partial charge in [0.1, 0.15) is 12.4 Å². The molecule has 0 amide bonds. The molecule has 0 fully saturated rings. The molecule has 2 aromatic carbocycles. The van der Waals surface area contributed by atoms with E-state index in [4.69, 9.17) is 10.00 Å². The predicted molar refractivity (Wildman–Crippen MR) is 80.8 cm³/mol. The Morgan fingerprint density at radius 1 is 1.19 bits per heavy atom. The summed E-state index contributed by atoms with van der Waals surface area (Å²) in [7, 11) is 0. The molecule has 4 heteroatoms. The summed E-state index contributed by atoms with van der Waals surface area (Å²) in [5, 5.41) is 11.8. The van der Waals surface area contributed by atoms with E-state index in [1.165, 1.54) is 0 Å². The lowest BCUT2D eigenvalue weighted by molar-refractivity contribution is 0.302.